The molecule has 3 nitrogen and oxygen atoms in total. The number of hydrogen-bond donors (Lipinski definition) is 1. The Balaban J connectivity index is 1.53. The maximum atomic E-state index is 13.4. The van der Waals surface area contributed by atoms with Crippen molar-refractivity contribution < 1.29 is 14.6 Å². The average Bonchev–Trinajstić information content (AvgIpc) is 2.99. The number of carbonyl (C=O) groups is 1. The lowest BCUT2D eigenvalue weighted by atomic mass is 9.59. The van der Waals surface area contributed by atoms with Gasteiger partial charge in [-0.15, -0.1) is 0 Å². The van der Waals surface area contributed by atoms with Crippen LogP contribution in [-0.2, 0) is 4.79 Å². The highest BCUT2D eigenvalue weighted by Crippen LogP contribution is 2.57. The number of ketones is 1. The first-order valence-corrected chi connectivity index (χ1v) is 10.9. The molecule has 4 aliphatic carbocycles. The van der Waals surface area contributed by atoms with Gasteiger partial charge < -0.3 is 9.84 Å². The molecule has 6 rings (SSSR count). The van der Waals surface area contributed by atoms with Crippen LogP contribution >= 0.6 is 23.2 Å². The Morgan fingerprint density at radius 3 is 2.31 bits per heavy atom. The summed E-state index contributed by atoms with van der Waals surface area (Å²) in [5.74, 6) is 2.25. The number of aliphatic hydroxyl groups excluding tert-OH is 1. The number of benzene rings is 2. The molecule has 3 fully saturated rings. The van der Waals surface area contributed by atoms with Gasteiger partial charge in [-0.3, -0.25) is 4.79 Å². The third-order valence-electron chi connectivity index (χ3n) is 6.94. The molecule has 4 aliphatic rings. The van der Waals surface area contributed by atoms with Gasteiger partial charge in [0.1, 0.15) is 17.3 Å². The SMILES string of the molecule is Cc1ccc(Oc2ccc(Cl)cc2Cl)cc1C1=C(O)C2C3CCC(CC3)C2C1=O. The van der Waals surface area contributed by atoms with Crippen LogP contribution in [0.1, 0.15) is 36.8 Å². The van der Waals surface area contributed by atoms with E-state index >= 15 is 0 Å². The fraction of sp³-hybridized carbons (Fsp3) is 0.375. The Kier molecular flexibility index (Phi) is 4.64. The van der Waals surface area contributed by atoms with E-state index in [0.717, 1.165) is 36.8 Å². The molecule has 5 heteroatoms. The first-order valence-electron chi connectivity index (χ1n) is 10.2. The van der Waals surface area contributed by atoms with Gasteiger partial charge in [-0.25, -0.2) is 0 Å². The Labute approximate surface area is 180 Å². The lowest BCUT2D eigenvalue weighted by Gasteiger charge is -2.44. The highest BCUT2D eigenvalue weighted by molar-refractivity contribution is 6.35. The zero-order valence-electron chi connectivity index (χ0n) is 16.1. The van der Waals surface area contributed by atoms with Crippen LogP contribution in [0, 0.1) is 30.6 Å². The van der Waals surface area contributed by atoms with E-state index in [9.17, 15) is 9.90 Å². The highest BCUT2D eigenvalue weighted by atomic mass is 35.5. The van der Waals surface area contributed by atoms with Crippen LogP contribution in [0.25, 0.3) is 5.57 Å². The van der Waals surface area contributed by atoms with E-state index in [0.29, 0.717) is 44.7 Å². The lowest BCUT2D eigenvalue weighted by Crippen LogP contribution is -2.41. The molecular weight excluding hydrogens is 407 g/mol. The standard InChI is InChI=1S/C24H22Cl2O3/c1-12-2-8-16(29-19-9-7-15(25)10-18(19)26)11-17(12)22-23(27)20-13-3-4-14(6-5-13)21(20)24(22)28/h2,7-11,13-14,20-21,27H,3-6H2,1H3. The maximum Gasteiger partial charge on any atom is 0.170 e. The minimum Gasteiger partial charge on any atom is -0.511 e. The van der Waals surface area contributed by atoms with Crippen LogP contribution < -0.4 is 4.74 Å². The lowest BCUT2D eigenvalue weighted by molar-refractivity contribution is -0.123. The first-order chi connectivity index (χ1) is 13.9. The first kappa shape index (κ1) is 19.0. The number of Topliss-reactive ketones (excluding diaryl/α,β-unsaturated/α-hetero) is 1. The van der Waals surface area contributed by atoms with E-state index in [2.05, 4.69) is 0 Å². The number of rotatable bonds is 3. The number of allylic oxidation sites excluding steroid dienone is 2. The summed E-state index contributed by atoms with van der Waals surface area (Å²) in [6.07, 6.45) is 4.45. The molecule has 0 amide bonds. The monoisotopic (exact) mass is 428 g/mol. The molecule has 0 radical (unpaired) electrons. The summed E-state index contributed by atoms with van der Waals surface area (Å²) in [7, 11) is 0. The number of aliphatic hydroxyl groups is 1. The quantitative estimate of drug-likeness (QED) is 0.572. The van der Waals surface area contributed by atoms with E-state index in [-0.39, 0.29) is 17.6 Å². The Hall–Kier alpha value is -1.97. The topological polar surface area (TPSA) is 46.5 Å². The second-order valence-corrected chi connectivity index (χ2v) is 9.35. The van der Waals surface area contributed by atoms with Crippen molar-refractivity contribution in [3.05, 3.63) is 63.3 Å². The van der Waals surface area contributed by atoms with Crippen LogP contribution in [-0.4, -0.2) is 10.9 Å². The Morgan fingerprint density at radius 1 is 0.966 bits per heavy atom. The van der Waals surface area contributed by atoms with Crippen LogP contribution in [0.2, 0.25) is 10.0 Å². The van der Waals surface area contributed by atoms with Gasteiger partial charge in [-0.1, -0.05) is 29.3 Å². The van der Waals surface area contributed by atoms with Crippen molar-refractivity contribution in [3.63, 3.8) is 0 Å². The molecule has 0 saturated heterocycles. The largest absolute Gasteiger partial charge is 0.511 e. The number of ether oxygens (including phenoxy) is 1. The zero-order valence-corrected chi connectivity index (χ0v) is 17.6. The molecule has 3 saturated carbocycles. The fourth-order valence-electron chi connectivity index (χ4n) is 5.57. The summed E-state index contributed by atoms with van der Waals surface area (Å²) in [4.78, 5) is 13.4. The van der Waals surface area contributed by atoms with Gasteiger partial charge in [-0.05, 0) is 85.9 Å². The normalized spacial score (nSPS) is 28.0. The molecule has 2 unspecified atom stereocenters. The van der Waals surface area contributed by atoms with Gasteiger partial charge >= 0.3 is 0 Å². The summed E-state index contributed by atoms with van der Waals surface area (Å²) >= 11 is 12.2. The van der Waals surface area contributed by atoms with E-state index in [1.54, 1.807) is 18.2 Å². The third kappa shape index (κ3) is 3.06. The maximum absolute atomic E-state index is 13.4. The molecular formula is C24H22Cl2O3. The van der Waals surface area contributed by atoms with E-state index < -0.39 is 0 Å². The Bertz CT molecular complexity index is 1030. The predicted octanol–water partition coefficient (Wildman–Crippen LogP) is 7.00. The molecule has 2 atom stereocenters. The second-order valence-electron chi connectivity index (χ2n) is 8.50. The summed E-state index contributed by atoms with van der Waals surface area (Å²) in [6, 6.07) is 10.7. The van der Waals surface area contributed by atoms with Gasteiger partial charge in [0.15, 0.2) is 5.78 Å². The zero-order chi connectivity index (χ0) is 20.3. The van der Waals surface area contributed by atoms with Crippen LogP contribution in [0.4, 0.5) is 0 Å². The number of carbonyl (C=O) groups excluding carboxylic acids is 1. The van der Waals surface area contributed by atoms with Crippen molar-refractivity contribution >= 4 is 34.6 Å². The van der Waals surface area contributed by atoms with Gasteiger partial charge in [0.05, 0.1) is 10.6 Å². The number of hydrogen-bond acceptors (Lipinski definition) is 3. The van der Waals surface area contributed by atoms with Crippen molar-refractivity contribution in [2.75, 3.05) is 0 Å². The highest BCUT2D eigenvalue weighted by Gasteiger charge is 2.54. The van der Waals surface area contributed by atoms with Crippen molar-refractivity contribution in [1.82, 2.24) is 0 Å². The third-order valence-corrected chi connectivity index (χ3v) is 7.47. The molecule has 150 valence electrons. The summed E-state index contributed by atoms with van der Waals surface area (Å²) in [5.41, 5.74) is 2.19. The van der Waals surface area contributed by atoms with Gasteiger partial charge in [0, 0.05) is 16.9 Å². The van der Waals surface area contributed by atoms with Crippen LogP contribution in [0.15, 0.2) is 42.2 Å². The second kappa shape index (κ2) is 7.07. The molecule has 0 spiro atoms. The summed E-state index contributed by atoms with van der Waals surface area (Å²) in [6.45, 7) is 1.96. The Morgan fingerprint density at radius 2 is 1.66 bits per heavy atom. The summed E-state index contributed by atoms with van der Waals surface area (Å²) in [5, 5.41) is 12.0. The van der Waals surface area contributed by atoms with Crippen LogP contribution in [0.5, 0.6) is 11.5 Å². The van der Waals surface area contributed by atoms with Gasteiger partial charge in [0.25, 0.3) is 0 Å². The smallest absolute Gasteiger partial charge is 0.170 e. The molecule has 2 aromatic rings. The molecule has 0 heterocycles. The minimum absolute atomic E-state index is 0.000292. The predicted molar refractivity (Wildman–Crippen MR) is 115 cm³/mol. The molecule has 1 N–H and O–H groups in total. The number of halogens is 2. The fourth-order valence-corrected chi connectivity index (χ4v) is 6.02. The van der Waals surface area contributed by atoms with Crippen molar-refractivity contribution in [1.29, 1.82) is 0 Å². The minimum atomic E-state index is -0.0489. The summed E-state index contributed by atoms with van der Waals surface area (Å²) < 4.78 is 5.96. The van der Waals surface area contributed by atoms with Crippen molar-refractivity contribution in [3.8, 4) is 11.5 Å². The number of aryl methyl sites for hydroxylation is 1. The van der Waals surface area contributed by atoms with Crippen LogP contribution in [0.3, 0.4) is 0 Å². The van der Waals surface area contributed by atoms with E-state index in [1.165, 1.54) is 0 Å². The number of fused-ring (bicyclic) bond motifs is 2. The van der Waals surface area contributed by atoms with Crippen molar-refractivity contribution in [2.45, 2.75) is 32.6 Å². The van der Waals surface area contributed by atoms with E-state index in [1.807, 2.05) is 25.1 Å². The van der Waals surface area contributed by atoms with Crippen molar-refractivity contribution in [2.24, 2.45) is 23.7 Å². The average molecular weight is 429 g/mol. The van der Waals surface area contributed by atoms with E-state index in [4.69, 9.17) is 27.9 Å². The molecule has 29 heavy (non-hydrogen) atoms. The molecule has 0 aliphatic heterocycles. The molecule has 0 aromatic heterocycles. The molecule has 2 aromatic carbocycles. The molecule has 2 bridgehead atoms. The van der Waals surface area contributed by atoms with Gasteiger partial charge in [0.2, 0.25) is 0 Å². The van der Waals surface area contributed by atoms with Gasteiger partial charge in [-0.2, -0.15) is 0 Å².